The molecule has 44 heavy (non-hydrogen) atoms. The average Bonchev–Trinajstić information content (AvgIpc) is 3.39. The van der Waals surface area contributed by atoms with Crippen LogP contribution in [0, 0.1) is 6.92 Å². The fourth-order valence-corrected chi connectivity index (χ4v) is 6.15. The summed E-state index contributed by atoms with van der Waals surface area (Å²) in [6.45, 7) is 6.24. The van der Waals surface area contributed by atoms with Crippen molar-refractivity contribution in [3.63, 3.8) is 0 Å². The number of likely N-dealkylation sites (tertiary alicyclic amines) is 1. The number of benzene rings is 3. The van der Waals surface area contributed by atoms with Gasteiger partial charge in [0, 0.05) is 45.0 Å². The molecule has 7 nitrogen and oxygen atoms in total. The Balaban J connectivity index is 0.00000124. The number of carboxylic acids is 1. The largest absolute Gasteiger partial charge is 0.480 e. The van der Waals surface area contributed by atoms with Crippen molar-refractivity contribution in [2.24, 2.45) is 0 Å². The van der Waals surface area contributed by atoms with Crippen molar-refractivity contribution < 1.29 is 24.2 Å². The van der Waals surface area contributed by atoms with Gasteiger partial charge in [-0.1, -0.05) is 60.7 Å². The Morgan fingerprint density at radius 3 is 2.27 bits per heavy atom. The number of ether oxygens (including phenoxy) is 2. The van der Waals surface area contributed by atoms with Crippen molar-refractivity contribution in [2.75, 3.05) is 39.4 Å². The van der Waals surface area contributed by atoms with Gasteiger partial charge in [-0.15, -0.1) is 0 Å². The molecule has 0 aliphatic carbocycles. The summed E-state index contributed by atoms with van der Waals surface area (Å²) in [4.78, 5) is 27.9. The van der Waals surface area contributed by atoms with Gasteiger partial charge in [0.2, 0.25) is 0 Å². The van der Waals surface area contributed by atoms with Crippen molar-refractivity contribution in [3.8, 4) is 11.1 Å². The molecule has 0 saturated carbocycles. The first kappa shape index (κ1) is 35.3. The normalized spacial score (nSPS) is 17.0. The molecule has 1 heterocycles. The van der Waals surface area contributed by atoms with E-state index in [0.717, 1.165) is 54.7 Å². The number of methoxy groups -OCH3 is 2. The van der Waals surface area contributed by atoms with E-state index in [1.165, 1.54) is 5.56 Å². The molecule has 1 amide bonds. The molecular formula is C36H48N2O5S. The van der Waals surface area contributed by atoms with E-state index in [9.17, 15) is 14.7 Å². The van der Waals surface area contributed by atoms with Crippen LogP contribution >= 0.6 is 11.8 Å². The third kappa shape index (κ3) is 10.2. The number of carbonyl (C=O) groups excluding carboxylic acids is 1. The van der Waals surface area contributed by atoms with Crippen molar-refractivity contribution in [2.45, 2.75) is 64.2 Å². The third-order valence-corrected chi connectivity index (χ3v) is 8.72. The van der Waals surface area contributed by atoms with Gasteiger partial charge in [0.05, 0.1) is 6.61 Å². The molecule has 0 radical (unpaired) electrons. The van der Waals surface area contributed by atoms with E-state index in [1.54, 1.807) is 26.0 Å². The Kier molecular flexibility index (Phi) is 14.9. The first-order chi connectivity index (χ1) is 21.3. The minimum atomic E-state index is -1.01. The van der Waals surface area contributed by atoms with Gasteiger partial charge in [-0.2, -0.15) is 11.8 Å². The summed E-state index contributed by atoms with van der Waals surface area (Å²) >= 11 is 1.56. The third-order valence-electron chi connectivity index (χ3n) is 8.08. The van der Waals surface area contributed by atoms with Gasteiger partial charge in [-0.3, -0.25) is 9.69 Å². The Hall–Kier alpha value is -3.17. The molecule has 3 aromatic rings. The summed E-state index contributed by atoms with van der Waals surface area (Å²) < 4.78 is 10.1. The number of aryl methyl sites for hydroxylation is 1. The second-order valence-electron chi connectivity index (χ2n) is 11.1. The van der Waals surface area contributed by atoms with Gasteiger partial charge in [0.25, 0.3) is 5.91 Å². The number of hydrogen-bond acceptors (Lipinski definition) is 6. The van der Waals surface area contributed by atoms with Gasteiger partial charge in [0.15, 0.2) is 0 Å². The van der Waals surface area contributed by atoms with Gasteiger partial charge in [-0.25, -0.2) is 4.79 Å². The monoisotopic (exact) mass is 620 g/mol. The van der Waals surface area contributed by atoms with Crippen LogP contribution in [0.25, 0.3) is 11.1 Å². The summed E-state index contributed by atoms with van der Waals surface area (Å²) in [5.74, 6) is -0.721. The molecule has 0 bridgehead atoms. The number of nitrogens with zero attached hydrogens (tertiary/aromatic N) is 1. The number of amides is 1. The number of nitrogens with one attached hydrogen (secondary N) is 1. The molecule has 1 aliphatic heterocycles. The highest BCUT2D eigenvalue weighted by atomic mass is 32.2. The van der Waals surface area contributed by atoms with E-state index >= 15 is 0 Å². The van der Waals surface area contributed by atoms with Crippen LogP contribution in [-0.2, 0) is 27.2 Å². The maximum absolute atomic E-state index is 13.5. The minimum absolute atomic E-state index is 0.330. The fourth-order valence-electron chi connectivity index (χ4n) is 5.68. The number of rotatable bonds is 14. The molecule has 1 aliphatic rings. The molecule has 0 spiro atoms. The summed E-state index contributed by atoms with van der Waals surface area (Å²) in [5.41, 5.74) is 5.80. The quantitative estimate of drug-likeness (QED) is 0.214. The standard InChI is InChI=1S/C33H40N2O4S.C3H8O/c1-23-9-7-8-12-28(23)30-20-25(13-16-29(30)32(36)34-31(33(37)38)17-18-40-3)21-35-26(14-15-27(35)22-39-2)19-24-10-5-4-6-11-24;1-3-4-2/h4-13,16,20,26-27,31H,14-15,17-19,21-22H2,1-3H3,(H,34,36)(H,37,38);3H2,1-2H3. The zero-order chi connectivity index (χ0) is 31.9. The van der Waals surface area contributed by atoms with Crippen molar-refractivity contribution >= 4 is 23.6 Å². The fraction of sp³-hybridized carbons (Fsp3) is 0.444. The highest BCUT2D eigenvalue weighted by Gasteiger charge is 2.33. The number of carbonyl (C=O) groups is 2. The van der Waals surface area contributed by atoms with Crippen LogP contribution in [-0.4, -0.2) is 79.5 Å². The second kappa shape index (κ2) is 18.6. The topological polar surface area (TPSA) is 88.1 Å². The Labute approximate surface area is 267 Å². The van der Waals surface area contributed by atoms with Crippen LogP contribution in [0.1, 0.15) is 53.2 Å². The first-order valence-corrected chi connectivity index (χ1v) is 16.7. The summed E-state index contributed by atoms with van der Waals surface area (Å²) in [6, 6.07) is 24.4. The van der Waals surface area contributed by atoms with Gasteiger partial charge in [-0.05, 0) is 91.5 Å². The first-order valence-electron chi connectivity index (χ1n) is 15.3. The Morgan fingerprint density at radius 2 is 1.64 bits per heavy atom. The van der Waals surface area contributed by atoms with E-state index in [1.807, 2.05) is 56.5 Å². The summed E-state index contributed by atoms with van der Waals surface area (Å²) in [7, 11) is 3.44. The lowest BCUT2D eigenvalue weighted by molar-refractivity contribution is -0.139. The maximum atomic E-state index is 13.5. The molecule has 3 atom stereocenters. The molecular weight excluding hydrogens is 572 g/mol. The lowest BCUT2D eigenvalue weighted by Gasteiger charge is -2.30. The predicted molar refractivity (Wildman–Crippen MR) is 180 cm³/mol. The van der Waals surface area contributed by atoms with Gasteiger partial charge in [0.1, 0.15) is 6.04 Å². The zero-order valence-electron chi connectivity index (χ0n) is 26.8. The Bertz CT molecular complexity index is 1320. The van der Waals surface area contributed by atoms with E-state index in [4.69, 9.17) is 4.74 Å². The highest BCUT2D eigenvalue weighted by molar-refractivity contribution is 7.98. The minimum Gasteiger partial charge on any atom is -0.480 e. The maximum Gasteiger partial charge on any atom is 0.326 e. The number of carboxylic acid groups (broad SMARTS) is 1. The van der Waals surface area contributed by atoms with Crippen LogP contribution < -0.4 is 5.32 Å². The molecule has 3 aromatic carbocycles. The van der Waals surface area contributed by atoms with Crippen LogP contribution in [0.3, 0.4) is 0 Å². The van der Waals surface area contributed by atoms with Crippen LogP contribution in [0.4, 0.5) is 0 Å². The number of thioether (sulfide) groups is 1. The van der Waals surface area contributed by atoms with Crippen molar-refractivity contribution in [1.29, 1.82) is 0 Å². The predicted octanol–water partition coefficient (Wildman–Crippen LogP) is 6.47. The SMILES string of the molecule is CCOC.COCC1CCC(Cc2ccccc2)N1Cc1ccc(C(=O)NC(CCSC)C(=O)O)c(-c2ccccc2C)c1. The molecule has 0 aromatic heterocycles. The molecule has 3 unspecified atom stereocenters. The average molecular weight is 621 g/mol. The molecule has 1 saturated heterocycles. The highest BCUT2D eigenvalue weighted by Crippen LogP contribution is 2.32. The van der Waals surface area contributed by atoms with Crippen LogP contribution in [0.2, 0.25) is 0 Å². The molecule has 4 rings (SSSR count). The molecule has 1 fully saturated rings. The smallest absolute Gasteiger partial charge is 0.326 e. The van der Waals surface area contributed by atoms with E-state index < -0.39 is 12.0 Å². The Morgan fingerprint density at radius 1 is 0.955 bits per heavy atom. The second-order valence-corrected chi connectivity index (χ2v) is 12.1. The molecule has 2 N–H and O–H groups in total. The van der Waals surface area contributed by atoms with E-state index in [2.05, 4.69) is 51.4 Å². The van der Waals surface area contributed by atoms with Crippen LogP contribution in [0.5, 0.6) is 0 Å². The molecule has 238 valence electrons. The summed E-state index contributed by atoms with van der Waals surface area (Å²) in [5, 5.41) is 12.5. The van der Waals surface area contributed by atoms with Crippen LogP contribution in [0.15, 0.2) is 72.8 Å². The van der Waals surface area contributed by atoms with Gasteiger partial charge >= 0.3 is 5.97 Å². The van der Waals surface area contributed by atoms with E-state index in [-0.39, 0.29) is 5.91 Å². The lowest BCUT2D eigenvalue weighted by Crippen LogP contribution is -2.41. The van der Waals surface area contributed by atoms with Crippen molar-refractivity contribution in [1.82, 2.24) is 10.2 Å². The van der Waals surface area contributed by atoms with E-state index in [0.29, 0.717) is 36.4 Å². The number of aliphatic carboxylic acids is 1. The molecule has 8 heteroatoms. The lowest BCUT2D eigenvalue weighted by atomic mass is 9.93. The summed E-state index contributed by atoms with van der Waals surface area (Å²) in [6.07, 6.45) is 5.49. The zero-order valence-corrected chi connectivity index (χ0v) is 27.6. The number of hydrogen-bond donors (Lipinski definition) is 2. The van der Waals surface area contributed by atoms with Gasteiger partial charge < -0.3 is 19.9 Å². The van der Waals surface area contributed by atoms with Crippen molar-refractivity contribution in [3.05, 3.63) is 95.1 Å².